The predicted molar refractivity (Wildman–Crippen MR) is 137 cm³/mol. The number of anilines is 1. The number of urea groups is 1. The second kappa shape index (κ2) is 10.5. The summed E-state index contributed by atoms with van der Waals surface area (Å²) in [7, 11) is 1.59. The van der Waals surface area contributed by atoms with Gasteiger partial charge in [-0.05, 0) is 56.0 Å². The van der Waals surface area contributed by atoms with Gasteiger partial charge in [-0.15, -0.1) is 0 Å². The van der Waals surface area contributed by atoms with E-state index in [1.54, 1.807) is 42.2 Å². The molecule has 0 saturated carbocycles. The first kappa shape index (κ1) is 24.1. The summed E-state index contributed by atoms with van der Waals surface area (Å²) < 4.78 is 7.54. The number of aliphatic hydroxyl groups is 1. The molecular formula is C26H32N6O4. The molecule has 0 radical (unpaired) electrons. The highest BCUT2D eigenvalue weighted by atomic mass is 16.5. The Bertz CT molecular complexity index is 1230. The van der Waals surface area contributed by atoms with Gasteiger partial charge in [-0.1, -0.05) is 0 Å². The Morgan fingerprint density at radius 1 is 0.972 bits per heavy atom. The summed E-state index contributed by atoms with van der Waals surface area (Å²) in [6.07, 6.45) is 6.69. The highest BCUT2D eigenvalue weighted by Crippen LogP contribution is 2.28. The van der Waals surface area contributed by atoms with Crippen LogP contribution in [0.15, 0.2) is 48.8 Å². The number of nitrogens with zero attached hydrogens (tertiary/aromatic N) is 4. The van der Waals surface area contributed by atoms with E-state index in [1.165, 1.54) is 0 Å². The Kier molecular flexibility index (Phi) is 7.06. The van der Waals surface area contributed by atoms with Crippen LogP contribution in [0.25, 0.3) is 10.9 Å². The van der Waals surface area contributed by atoms with Crippen LogP contribution < -0.4 is 15.4 Å². The van der Waals surface area contributed by atoms with E-state index < -0.39 is 0 Å². The zero-order valence-corrected chi connectivity index (χ0v) is 20.4. The van der Waals surface area contributed by atoms with Gasteiger partial charge in [0.2, 0.25) is 0 Å². The molecule has 3 amide bonds. The van der Waals surface area contributed by atoms with Crippen LogP contribution in [0.2, 0.25) is 0 Å². The standard InChI is InChI=1S/C26H32N6O4/c1-27-25(34)32-15-5-18-16-21(2-3-23(18)32)36-22-4-10-28-24(17-22)29-26(35)31-11-6-19(7-12-31)30-13-8-20(33)9-14-30/h2-5,10,15-17,19-20,33H,6-9,11-14H2,1H3,(H,27,34)(H,28,29,35). The summed E-state index contributed by atoms with van der Waals surface area (Å²) >= 11 is 0. The van der Waals surface area contributed by atoms with Gasteiger partial charge in [-0.2, -0.15) is 0 Å². The number of fused-ring (bicyclic) bond motifs is 1. The molecule has 190 valence electrons. The van der Waals surface area contributed by atoms with E-state index in [2.05, 4.69) is 20.5 Å². The molecule has 2 fully saturated rings. The third kappa shape index (κ3) is 5.29. The molecule has 0 aliphatic carbocycles. The van der Waals surface area contributed by atoms with E-state index in [4.69, 9.17) is 4.74 Å². The molecule has 0 spiro atoms. The minimum atomic E-state index is -0.205. The lowest BCUT2D eigenvalue weighted by molar-refractivity contribution is 0.0437. The smallest absolute Gasteiger partial charge is 0.325 e. The van der Waals surface area contributed by atoms with Crippen molar-refractivity contribution in [3.05, 3.63) is 48.8 Å². The van der Waals surface area contributed by atoms with Gasteiger partial charge >= 0.3 is 12.1 Å². The number of rotatable bonds is 4. The average Bonchev–Trinajstić information content (AvgIpc) is 3.32. The SMILES string of the molecule is CNC(=O)n1ccc2cc(Oc3ccnc(NC(=O)N4CCC(N5CCC(O)CC5)CC4)c3)ccc21. The molecule has 4 heterocycles. The van der Waals surface area contributed by atoms with Crippen molar-refractivity contribution >= 4 is 28.8 Å². The Morgan fingerprint density at radius 3 is 2.47 bits per heavy atom. The number of carbonyl (C=O) groups excluding carboxylic acids is 2. The van der Waals surface area contributed by atoms with Crippen LogP contribution in [-0.4, -0.2) is 81.9 Å². The van der Waals surface area contributed by atoms with Gasteiger partial charge in [0, 0.05) is 63.1 Å². The summed E-state index contributed by atoms with van der Waals surface area (Å²) in [5.74, 6) is 1.60. The van der Waals surface area contributed by atoms with Crippen molar-refractivity contribution < 1.29 is 19.4 Å². The molecule has 2 aromatic heterocycles. The largest absolute Gasteiger partial charge is 0.457 e. The lowest BCUT2D eigenvalue weighted by atomic mass is 9.99. The van der Waals surface area contributed by atoms with Crippen LogP contribution in [0, 0.1) is 0 Å². The maximum Gasteiger partial charge on any atom is 0.325 e. The number of likely N-dealkylation sites (tertiary alicyclic amines) is 2. The third-order valence-corrected chi connectivity index (χ3v) is 7.06. The molecule has 36 heavy (non-hydrogen) atoms. The topological polar surface area (TPSA) is 112 Å². The van der Waals surface area contributed by atoms with Gasteiger partial charge in [0.1, 0.15) is 17.3 Å². The number of hydrogen-bond donors (Lipinski definition) is 3. The fourth-order valence-electron chi connectivity index (χ4n) is 5.03. The zero-order chi connectivity index (χ0) is 25.1. The first-order chi connectivity index (χ1) is 17.5. The lowest BCUT2D eigenvalue weighted by Crippen LogP contribution is -2.50. The summed E-state index contributed by atoms with van der Waals surface area (Å²) in [5, 5.41) is 16.1. The summed E-state index contributed by atoms with van der Waals surface area (Å²) in [6.45, 7) is 3.26. The van der Waals surface area contributed by atoms with E-state index >= 15 is 0 Å². The summed E-state index contributed by atoms with van der Waals surface area (Å²) in [6, 6.07) is 10.9. The molecule has 3 aromatic rings. The van der Waals surface area contributed by atoms with Crippen LogP contribution in [0.4, 0.5) is 15.4 Å². The number of pyridine rings is 1. The first-order valence-electron chi connectivity index (χ1n) is 12.5. The van der Waals surface area contributed by atoms with E-state index in [1.807, 2.05) is 23.1 Å². The third-order valence-electron chi connectivity index (χ3n) is 7.06. The van der Waals surface area contributed by atoms with Gasteiger partial charge in [0.05, 0.1) is 11.6 Å². The Balaban J connectivity index is 1.17. The molecule has 5 rings (SSSR count). The number of nitrogens with one attached hydrogen (secondary N) is 2. The molecule has 10 nitrogen and oxygen atoms in total. The van der Waals surface area contributed by atoms with Crippen LogP contribution in [-0.2, 0) is 0 Å². The Labute approximate surface area is 209 Å². The molecule has 0 atom stereocenters. The highest BCUT2D eigenvalue weighted by Gasteiger charge is 2.29. The zero-order valence-electron chi connectivity index (χ0n) is 20.4. The molecule has 2 saturated heterocycles. The van der Waals surface area contributed by atoms with Crippen LogP contribution in [0.3, 0.4) is 0 Å². The van der Waals surface area contributed by atoms with Crippen molar-refractivity contribution in [1.82, 2.24) is 24.7 Å². The normalized spacial score (nSPS) is 17.8. The Hall–Kier alpha value is -3.63. The van der Waals surface area contributed by atoms with Crippen molar-refractivity contribution in [2.24, 2.45) is 0 Å². The maximum absolute atomic E-state index is 12.8. The lowest BCUT2D eigenvalue weighted by Gasteiger charge is -2.41. The average molecular weight is 493 g/mol. The number of aliphatic hydroxyl groups excluding tert-OH is 1. The molecule has 10 heteroatoms. The Morgan fingerprint density at radius 2 is 1.72 bits per heavy atom. The van der Waals surface area contributed by atoms with Crippen LogP contribution in [0.1, 0.15) is 25.7 Å². The summed E-state index contributed by atoms with van der Waals surface area (Å²) in [5.41, 5.74) is 0.783. The minimum absolute atomic E-state index is 0.163. The number of ether oxygens (including phenoxy) is 1. The summed E-state index contributed by atoms with van der Waals surface area (Å²) in [4.78, 5) is 33.4. The minimum Gasteiger partial charge on any atom is -0.457 e. The van der Waals surface area contributed by atoms with Crippen molar-refractivity contribution in [2.75, 3.05) is 38.5 Å². The van der Waals surface area contributed by atoms with Gasteiger partial charge in [-0.3, -0.25) is 9.88 Å². The molecular weight excluding hydrogens is 460 g/mol. The van der Waals surface area contributed by atoms with Crippen molar-refractivity contribution in [1.29, 1.82) is 0 Å². The van der Waals surface area contributed by atoms with Gasteiger partial charge in [0.25, 0.3) is 0 Å². The second-order valence-electron chi connectivity index (χ2n) is 9.36. The molecule has 0 unspecified atom stereocenters. The van der Waals surface area contributed by atoms with E-state index in [9.17, 15) is 14.7 Å². The van der Waals surface area contributed by atoms with Gasteiger partial charge < -0.3 is 25.0 Å². The van der Waals surface area contributed by atoms with E-state index in [0.717, 1.165) is 49.7 Å². The van der Waals surface area contributed by atoms with Crippen molar-refractivity contribution in [2.45, 2.75) is 37.8 Å². The monoisotopic (exact) mass is 492 g/mol. The van der Waals surface area contributed by atoms with E-state index in [0.29, 0.717) is 36.4 Å². The number of carbonyl (C=O) groups is 2. The van der Waals surface area contributed by atoms with Crippen molar-refractivity contribution in [3.8, 4) is 11.5 Å². The molecule has 2 aliphatic rings. The second-order valence-corrected chi connectivity index (χ2v) is 9.36. The molecule has 3 N–H and O–H groups in total. The quantitative estimate of drug-likeness (QED) is 0.514. The van der Waals surface area contributed by atoms with Crippen LogP contribution >= 0.6 is 0 Å². The number of hydrogen-bond acceptors (Lipinski definition) is 6. The number of piperidine rings is 2. The molecule has 2 aliphatic heterocycles. The number of benzene rings is 1. The van der Waals surface area contributed by atoms with E-state index in [-0.39, 0.29) is 18.2 Å². The fourth-order valence-corrected chi connectivity index (χ4v) is 5.03. The predicted octanol–water partition coefficient (Wildman–Crippen LogP) is 3.47. The van der Waals surface area contributed by atoms with Gasteiger partial charge in [-0.25, -0.2) is 14.6 Å². The van der Waals surface area contributed by atoms with Crippen LogP contribution in [0.5, 0.6) is 11.5 Å². The molecule has 1 aromatic carbocycles. The van der Waals surface area contributed by atoms with Crippen molar-refractivity contribution in [3.63, 3.8) is 0 Å². The maximum atomic E-state index is 12.8. The number of aromatic nitrogens is 2. The van der Waals surface area contributed by atoms with Gasteiger partial charge in [0.15, 0.2) is 0 Å². The fraction of sp³-hybridized carbons (Fsp3) is 0.423. The number of amides is 3. The highest BCUT2D eigenvalue weighted by molar-refractivity contribution is 5.92. The first-order valence-corrected chi connectivity index (χ1v) is 12.5. The molecule has 0 bridgehead atoms.